The van der Waals surface area contributed by atoms with Gasteiger partial charge in [-0.05, 0) is 6.92 Å². The van der Waals surface area contributed by atoms with E-state index in [0.717, 1.165) is 32.1 Å². The Bertz CT molecular complexity index is 234. The molecule has 0 unspecified atom stereocenters. The van der Waals surface area contributed by atoms with E-state index in [2.05, 4.69) is 15.2 Å². The van der Waals surface area contributed by atoms with Crippen LogP contribution >= 0.6 is 0 Å². The molecule has 0 bridgehead atoms. The van der Waals surface area contributed by atoms with Gasteiger partial charge in [0.1, 0.15) is 6.73 Å². The number of piperazine rings is 1. The minimum atomic E-state index is -0.0136. The lowest BCUT2D eigenvalue weighted by molar-refractivity contribution is 0.171. The highest BCUT2D eigenvalue weighted by atomic mass is 16.3. The highest BCUT2D eigenvalue weighted by Gasteiger charge is 2.16. The Balaban J connectivity index is 2.69. The lowest BCUT2D eigenvalue weighted by Gasteiger charge is -2.33. The Kier molecular flexibility index (Phi) is 5.14. The van der Waals surface area contributed by atoms with Gasteiger partial charge >= 0.3 is 0 Å². The Labute approximate surface area is 91.1 Å². The van der Waals surface area contributed by atoms with Crippen LogP contribution in [0.25, 0.3) is 0 Å². The third-order valence-electron chi connectivity index (χ3n) is 2.29. The van der Waals surface area contributed by atoms with Crippen LogP contribution in [0.4, 0.5) is 0 Å². The molecular weight excluding hydrogens is 192 g/mol. The van der Waals surface area contributed by atoms with Crippen LogP contribution < -0.4 is 5.32 Å². The van der Waals surface area contributed by atoms with Crippen molar-refractivity contribution in [1.82, 2.24) is 15.1 Å². The van der Waals surface area contributed by atoms with Gasteiger partial charge in [-0.25, -0.2) is 4.99 Å². The fraction of sp³-hybridized carbons (Fsp3) is 0.700. The van der Waals surface area contributed by atoms with Gasteiger partial charge in [-0.15, -0.1) is 0 Å². The SMILES string of the molecule is C/C=C/N=C(N(C)CO)N1CCNCC1. The number of allylic oxidation sites excluding steroid dienone is 1. The molecule has 5 heteroatoms. The maximum atomic E-state index is 9.11. The lowest BCUT2D eigenvalue weighted by Crippen LogP contribution is -2.51. The smallest absolute Gasteiger partial charge is 0.202 e. The molecular formula is C10H20N4O. The van der Waals surface area contributed by atoms with Crippen LogP contribution in [0.5, 0.6) is 0 Å². The van der Waals surface area contributed by atoms with Gasteiger partial charge in [0.05, 0.1) is 0 Å². The first kappa shape index (κ1) is 12.0. The molecule has 0 atom stereocenters. The van der Waals surface area contributed by atoms with Crippen molar-refractivity contribution in [3.05, 3.63) is 12.3 Å². The molecule has 1 aliphatic rings. The van der Waals surface area contributed by atoms with Crippen LogP contribution in [0.3, 0.4) is 0 Å². The van der Waals surface area contributed by atoms with Crippen LogP contribution in [0.1, 0.15) is 6.92 Å². The molecule has 0 aromatic rings. The van der Waals surface area contributed by atoms with Gasteiger partial charge in [-0.3, -0.25) is 0 Å². The third kappa shape index (κ3) is 3.53. The Morgan fingerprint density at radius 1 is 1.53 bits per heavy atom. The van der Waals surface area contributed by atoms with Gasteiger partial charge in [0.15, 0.2) is 0 Å². The molecule has 1 rings (SSSR count). The number of aliphatic hydroxyl groups excluding tert-OH is 1. The summed E-state index contributed by atoms with van der Waals surface area (Å²) in [5.74, 6) is 0.831. The van der Waals surface area contributed by atoms with E-state index < -0.39 is 0 Å². The number of guanidine groups is 1. The fourth-order valence-electron chi connectivity index (χ4n) is 1.49. The largest absolute Gasteiger partial charge is 0.376 e. The second kappa shape index (κ2) is 6.42. The maximum Gasteiger partial charge on any atom is 0.202 e. The second-order valence-corrected chi connectivity index (χ2v) is 3.49. The second-order valence-electron chi connectivity index (χ2n) is 3.49. The number of aliphatic hydroxyl groups is 1. The zero-order valence-electron chi connectivity index (χ0n) is 9.48. The summed E-state index contributed by atoms with van der Waals surface area (Å²) in [6.07, 6.45) is 3.64. The number of rotatable bonds is 2. The third-order valence-corrected chi connectivity index (χ3v) is 2.29. The summed E-state index contributed by atoms with van der Waals surface area (Å²) >= 11 is 0. The molecule has 0 aromatic heterocycles. The van der Waals surface area contributed by atoms with E-state index in [4.69, 9.17) is 5.11 Å². The van der Waals surface area contributed by atoms with E-state index in [1.54, 1.807) is 11.1 Å². The molecule has 0 radical (unpaired) electrons. The normalized spacial score (nSPS) is 18.6. The number of aliphatic imine (C=N–C) groups is 1. The highest BCUT2D eigenvalue weighted by molar-refractivity contribution is 5.80. The zero-order valence-corrected chi connectivity index (χ0v) is 9.48. The van der Waals surface area contributed by atoms with Crippen molar-refractivity contribution in [2.24, 2.45) is 4.99 Å². The van der Waals surface area contributed by atoms with Gasteiger partial charge in [0, 0.05) is 39.4 Å². The summed E-state index contributed by atoms with van der Waals surface area (Å²) in [5, 5.41) is 12.4. The summed E-state index contributed by atoms with van der Waals surface area (Å²) in [4.78, 5) is 8.25. The van der Waals surface area contributed by atoms with Gasteiger partial charge in [0.2, 0.25) is 5.96 Å². The van der Waals surface area contributed by atoms with Crippen molar-refractivity contribution in [2.45, 2.75) is 6.92 Å². The van der Waals surface area contributed by atoms with Gasteiger partial charge in [-0.1, -0.05) is 6.08 Å². The van der Waals surface area contributed by atoms with Gasteiger partial charge in [0.25, 0.3) is 0 Å². The van der Waals surface area contributed by atoms with Crippen LogP contribution in [0.2, 0.25) is 0 Å². The molecule has 0 spiro atoms. The quantitative estimate of drug-likeness (QED) is 0.374. The summed E-state index contributed by atoms with van der Waals surface area (Å²) in [6.45, 7) is 5.71. The number of nitrogens with one attached hydrogen (secondary N) is 1. The topological polar surface area (TPSA) is 51.1 Å². The van der Waals surface area contributed by atoms with Crippen LogP contribution in [0.15, 0.2) is 17.3 Å². The van der Waals surface area contributed by atoms with Crippen molar-refractivity contribution < 1.29 is 5.11 Å². The van der Waals surface area contributed by atoms with E-state index in [0.29, 0.717) is 0 Å². The van der Waals surface area contributed by atoms with E-state index in [1.807, 2.05) is 20.0 Å². The average molecular weight is 212 g/mol. The summed E-state index contributed by atoms with van der Waals surface area (Å²) in [5.41, 5.74) is 0. The number of nitrogens with zero attached hydrogens (tertiary/aromatic N) is 3. The minimum Gasteiger partial charge on any atom is -0.376 e. The molecule has 0 aliphatic carbocycles. The molecule has 5 nitrogen and oxygen atoms in total. The molecule has 1 saturated heterocycles. The zero-order chi connectivity index (χ0) is 11.1. The summed E-state index contributed by atoms with van der Waals surface area (Å²) < 4.78 is 0. The van der Waals surface area contributed by atoms with Crippen molar-refractivity contribution in [2.75, 3.05) is 40.0 Å². The first-order valence-electron chi connectivity index (χ1n) is 5.26. The first-order valence-corrected chi connectivity index (χ1v) is 5.26. The van der Waals surface area contributed by atoms with Crippen molar-refractivity contribution in [1.29, 1.82) is 0 Å². The lowest BCUT2D eigenvalue weighted by atomic mass is 10.4. The Hall–Kier alpha value is -1.07. The maximum absolute atomic E-state index is 9.11. The fourth-order valence-corrected chi connectivity index (χ4v) is 1.49. The molecule has 15 heavy (non-hydrogen) atoms. The molecule has 0 aromatic carbocycles. The van der Waals surface area contributed by atoms with Crippen LogP contribution in [-0.4, -0.2) is 60.8 Å². The van der Waals surface area contributed by atoms with Crippen LogP contribution in [0, 0.1) is 0 Å². The van der Waals surface area contributed by atoms with E-state index >= 15 is 0 Å². The standard InChI is InChI=1S/C10H20N4O/c1-3-4-12-10(13(2)9-15)14-7-5-11-6-8-14/h3-4,11,15H,5-9H2,1-2H3/b4-3+,12-10?. The molecule has 0 amide bonds. The van der Waals surface area contributed by atoms with Crippen molar-refractivity contribution in [3.63, 3.8) is 0 Å². The monoisotopic (exact) mass is 212 g/mol. The van der Waals surface area contributed by atoms with Crippen molar-refractivity contribution >= 4 is 5.96 Å². The summed E-state index contributed by atoms with van der Waals surface area (Å²) in [6, 6.07) is 0. The average Bonchev–Trinajstić information content (AvgIpc) is 2.30. The van der Waals surface area contributed by atoms with E-state index in [1.165, 1.54) is 0 Å². The Morgan fingerprint density at radius 2 is 2.20 bits per heavy atom. The number of hydrogen-bond acceptors (Lipinski definition) is 3. The highest BCUT2D eigenvalue weighted by Crippen LogP contribution is 1.99. The van der Waals surface area contributed by atoms with Crippen molar-refractivity contribution in [3.8, 4) is 0 Å². The molecule has 0 saturated carbocycles. The van der Waals surface area contributed by atoms with Gasteiger partial charge in [-0.2, -0.15) is 0 Å². The Morgan fingerprint density at radius 3 is 2.73 bits per heavy atom. The van der Waals surface area contributed by atoms with E-state index in [-0.39, 0.29) is 6.73 Å². The first-order chi connectivity index (χ1) is 7.29. The number of hydrogen-bond donors (Lipinski definition) is 2. The molecule has 86 valence electrons. The predicted octanol–water partition coefficient (Wildman–Crippen LogP) is -0.337. The molecule has 1 heterocycles. The molecule has 2 N–H and O–H groups in total. The van der Waals surface area contributed by atoms with E-state index in [9.17, 15) is 0 Å². The molecule has 1 fully saturated rings. The summed E-state index contributed by atoms with van der Waals surface area (Å²) in [7, 11) is 1.84. The molecule has 1 aliphatic heterocycles. The van der Waals surface area contributed by atoms with Gasteiger partial charge < -0.3 is 20.2 Å². The van der Waals surface area contributed by atoms with Crippen LogP contribution in [-0.2, 0) is 0 Å². The minimum absolute atomic E-state index is 0.0136. The predicted molar refractivity (Wildman–Crippen MR) is 61.5 cm³/mol.